The summed E-state index contributed by atoms with van der Waals surface area (Å²) in [6.45, 7) is 6.24. The number of rotatable bonds is 10. The maximum Gasteiger partial charge on any atom is 0.338 e. The summed E-state index contributed by atoms with van der Waals surface area (Å²) in [6, 6.07) is 19.6. The van der Waals surface area contributed by atoms with Gasteiger partial charge in [-0.2, -0.15) is 0 Å². The van der Waals surface area contributed by atoms with Gasteiger partial charge in [0.1, 0.15) is 18.4 Å². The number of nitrogens with zero attached hydrogens (tertiary/aromatic N) is 2. The zero-order chi connectivity index (χ0) is 30.5. The highest BCUT2D eigenvalue weighted by Gasteiger charge is 2.36. The van der Waals surface area contributed by atoms with Gasteiger partial charge in [-0.3, -0.25) is 9.36 Å². The van der Waals surface area contributed by atoms with E-state index in [1.54, 1.807) is 39.2 Å². The molecule has 5 rings (SSSR count). The summed E-state index contributed by atoms with van der Waals surface area (Å²) in [5, 5.41) is 0.650. The van der Waals surface area contributed by atoms with Crippen molar-refractivity contribution in [3.8, 4) is 17.2 Å². The van der Waals surface area contributed by atoms with Gasteiger partial charge in [0.05, 0.1) is 36.1 Å². The number of para-hydroxylation sites is 1. The third-order valence-electron chi connectivity index (χ3n) is 6.86. The van der Waals surface area contributed by atoms with E-state index in [1.807, 2.05) is 61.5 Å². The first kappa shape index (κ1) is 30.1. The van der Waals surface area contributed by atoms with Gasteiger partial charge in [0.15, 0.2) is 16.3 Å². The molecule has 0 N–H and O–H groups in total. The molecule has 1 atom stereocenters. The fraction of sp³-hybridized carbons (Fsp3) is 0.242. The second-order valence-corrected chi connectivity index (χ2v) is 11.0. The molecule has 0 spiro atoms. The highest BCUT2D eigenvalue weighted by Crippen LogP contribution is 2.40. The van der Waals surface area contributed by atoms with Crippen molar-refractivity contribution in [1.82, 2.24) is 4.57 Å². The SMILES string of the molecule is CCOC(=O)C1=C(C)N=c2s/c(=C/c3ccc(OCc4ccccc4Cl)cc3)c(=O)n2[C@@H]1c1cccc(OC)c1OCC. The Hall–Kier alpha value is -4.34. The van der Waals surface area contributed by atoms with Crippen molar-refractivity contribution < 1.29 is 23.7 Å². The van der Waals surface area contributed by atoms with Crippen LogP contribution in [0.1, 0.15) is 43.5 Å². The summed E-state index contributed by atoms with van der Waals surface area (Å²) in [7, 11) is 1.55. The van der Waals surface area contributed by atoms with Gasteiger partial charge in [-0.05, 0) is 56.7 Å². The molecule has 4 aromatic rings. The molecule has 43 heavy (non-hydrogen) atoms. The van der Waals surface area contributed by atoms with E-state index in [0.29, 0.717) is 56.1 Å². The van der Waals surface area contributed by atoms with E-state index in [0.717, 1.165) is 11.1 Å². The minimum absolute atomic E-state index is 0.182. The summed E-state index contributed by atoms with van der Waals surface area (Å²) in [6.07, 6.45) is 1.80. The van der Waals surface area contributed by atoms with E-state index < -0.39 is 12.0 Å². The smallest absolute Gasteiger partial charge is 0.338 e. The predicted octanol–water partition coefficient (Wildman–Crippen LogP) is 5.44. The topological polar surface area (TPSA) is 88.4 Å². The molecule has 2 heterocycles. The lowest BCUT2D eigenvalue weighted by Gasteiger charge is -2.26. The number of hydrogen-bond acceptors (Lipinski definition) is 8. The molecule has 3 aromatic carbocycles. The number of benzene rings is 3. The Labute approximate surface area is 258 Å². The highest BCUT2D eigenvalue weighted by molar-refractivity contribution is 7.07. The second-order valence-electron chi connectivity index (χ2n) is 9.56. The fourth-order valence-electron chi connectivity index (χ4n) is 4.88. The van der Waals surface area contributed by atoms with Gasteiger partial charge in [-0.15, -0.1) is 0 Å². The lowest BCUT2D eigenvalue weighted by atomic mass is 9.94. The number of halogens is 1. The summed E-state index contributed by atoms with van der Waals surface area (Å²) < 4.78 is 24.9. The molecule has 0 radical (unpaired) electrons. The van der Waals surface area contributed by atoms with Gasteiger partial charge in [-0.25, -0.2) is 9.79 Å². The lowest BCUT2D eigenvalue weighted by molar-refractivity contribution is -0.139. The molecule has 0 unspecified atom stereocenters. The molecule has 222 valence electrons. The Bertz CT molecular complexity index is 1860. The van der Waals surface area contributed by atoms with Crippen molar-refractivity contribution in [1.29, 1.82) is 0 Å². The molecule has 0 aliphatic carbocycles. The van der Waals surface area contributed by atoms with Gasteiger partial charge < -0.3 is 18.9 Å². The Morgan fingerprint density at radius 1 is 1.02 bits per heavy atom. The van der Waals surface area contributed by atoms with Crippen LogP contribution in [0.25, 0.3) is 6.08 Å². The molecule has 0 bridgehead atoms. The molecule has 0 saturated carbocycles. The van der Waals surface area contributed by atoms with Crippen LogP contribution in [0.3, 0.4) is 0 Å². The number of esters is 1. The monoisotopic (exact) mass is 618 g/mol. The van der Waals surface area contributed by atoms with Crippen molar-refractivity contribution >= 4 is 35.0 Å². The Kier molecular flexibility index (Phi) is 9.33. The van der Waals surface area contributed by atoms with Crippen LogP contribution >= 0.6 is 22.9 Å². The molecule has 0 saturated heterocycles. The van der Waals surface area contributed by atoms with Gasteiger partial charge in [-0.1, -0.05) is 65.4 Å². The van der Waals surface area contributed by atoms with Crippen molar-refractivity contribution in [3.05, 3.63) is 119 Å². The summed E-state index contributed by atoms with van der Waals surface area (Å²) >= 11 is 7.49. The molecule has 0 amide bonds. The number of fused-ring (bicyclic) bond motifs is 1. The van der Waals surface area contributed by atoms with Crippen LogP contribution in [0.5, 0.6) is 17.2 Å². The number of methoxy groups -OCH3 is 1. The van der Waals surface area contributed by atoms with E-state index in [2.05, 4.69) is 4.99 Å². The predicted molar refractivity (Wildman–Crippen MR) is 167 cm³/mol. The number of hydrogen-bond donors (Lipinski definition) is 0. The van der Waals surface area contributed by atoms with E-state index >= 15 is 0 Å². The molecular formula is C33H31ClN2O6S. The van der Waals surface area contributed by atoms with E-state index in [4.69, 9.17) is 30.5 Å². The van der Waals surface area contributed by atoms with Gasteiger partial charge >= 0.3 is 5.97 Å². The molecule has 0 fully saturated rings. The first-order valence-electron chi connectivity index (χ1n) is 13.8. The number of thiazole rings is 1. The van der Waals surface area contributed by atoms with Crippen LogP contribution in [0.4, 0.5) is 0 Å². The van der Waals surface area contributed by atoms with Crippen LogP contribution in [-0.4, -0.2) is 30.9 Å². The quantitative estimate of drug-likeness (QED) is 0.220. The van der Waals surface area contributed by atoms with E-state index in [-0.39, 0.29) is 17.7 Å². The maximum absolute atomic E-state index is 14.0. The largest absolute Gasteiger partial charge is 0.493 e. The average Bonchev–Trinajstić information content (AvgIpc) is 3.31. The Morgan fingerprint density at radius 2 is 1.79 bits per heavy atom. The average molecular weight is 619 g/mol. The maximum atomic E-state index is 14.0. The van der Waals surface area contributed by atoms with Gasteiger partial charge in [0, 0.05) is 16.1 Å². The van der Waals surface area contributed by atoms with Gasteiger partial charge in [0.2, 0.25) is 0 Å². The summed E-state index contributed by atoms with van der Waals surface area (Å²) in [4.78, 5) is 32.4. The van der Waals surface area contributed by atoms with E-state index in [1.165, 1.54) is 15.9 Å². The Morgan fingerprint density at radius 3 is 2.49 bits per heavy atom. The number of carbonyl (C=O) groups excluding carboxylic acids is 1. The number of carbonyl (C=O) groups is 1. The van der Waals surface area contributed by atoms with Crippen LogP contribution in [-0.2, 0) is 16.1 Å². The van der Waals surface area contributed by atoms with Crippen molar-refractivity contribution in [2.45, 2.75) is 33.4 Å². The standard InChI is InChI=1S/C33H31ClN2O6S/c1-5-40-30-24(11-9-13-26(30)39-4)29-28(32(38)41-6-2)20(3)35-33-36(29)31(37)27(43-33)18-21-14-16-23(17-15-21)42-19-22-10-7-8-12-25(22)34/h7-18,29H,5-6,19H2,1-4H3/b27-18+/t29-/m1/s1. The first-order valence-corrected chi connectivity index (χ1v) is 15.0. The van der Waals surface area contributed by atoms with Crippen molar-refractivity contribution in [3.63, 3.8) is 0 Å². The number of aromatic nitrogens is 1. The third-order valence-corrected chi connectivity index (χ3v) is 8.21. The molecule has 1 aromatic heterocycles. The normalized spacial score (nSPS) is 14.6. The van der Waals surface area contributed by atoms with Crippen LogP contribution < -0.4 is 29.1 Å². The molecule has 8 nitrogen and oxygen atoms in total. The summed E-state index contributed by atoms with van der Waals surface area (Å²) in [5.41, 5.74) is 2.77. The first-order chi connectivity index (χ1) is 20.9. The van der Waals surface area contributed by atoms with Crippen molar-refractivity contribution in [2.24, 2.45) is 4.99 Å². The van der Waals surface area contributed by atoms with E-state index in [9.17, 15) is 9.59 Å². The minimum Gasteiger partial charge on any atom is -0.493 e. The molecule has 1 aliphatic heterocycles. The van der Waals surface area contributed by atoms with Gasteiger partial charge in [0.25, 0.3) is 5.56 Å². The molecular weight excluding hydrogens is 588 g/mol. The zero-order valence-corrected chi connectivity index (χ0v) is 25.8. The lowest BCUT2D eigenvalue weighted by Crippen LogP contribution is -2.40. The molecule has 10 heteroatoms. The van der Waals surface area contributed by atoms with Crippen LogP contribution in [0.15, 0.2) is 87.8 Å². The molecule has 1 aliphatic rings. The van der Waals surface area contributed by atoms with Crippen LogP contribution in [0, 0.1) is 0 Å². The minimum atomic E-state index is -0.824. The summed E-state index contributed by atoms with van der Waals surface area (Å²) in [5.74, 6) is 1.09. The highest BCUT2D eigenvalue weighted by atomic mass is 35.5. The second kappa shape index (κ2) is 13.3. The third kappa shape index (κ3) is 6.23. The fourth-order valence-corrected chi connectivity index (χ4v) is 6.12. The van der Waals surface area contributed by atoms with Crippen molar-refractivity contribution in [2.75, 3.05) is 20.3 Å². The number of allylic oxidation sites excluding steroid dienone is 1. The number of ether oxygens (including phenoxy) is 4. The Balaban J connectivity index is 1.56. The zero-order valence-electron chi connectivity index (χ0n) is 24.3. The van der Waals surface area contributed by atoms with Crippen LogP contribution in [0.2, 0.25) is 5.02 Å².